The molecule has 2 aliphatic heterocycles. The zero-order chi connectivity index (χ0) is 20.9. The van der Waals surface area contributed by atoms with Gasteiger partial charge in [-0.25, -0.2) is 8.42 Å². The van der Waals surface area contributed by atoms with E-state index in [1.165, 1.54) is 23.4 Å². The van der Waals surface area contributed by atoms with Crippen LogP contribution in [0.4, 0.5) is 0 Å². The van der Waals surface area contributed by atoms with Gasteiger partial charge in [0.25, 0.3) is 0 Å². The van der Waals surface area contributed by atoms with Crippen LogP contribution in [-0.2, 0) is 15.8 Å². The lowest BCUT2D eigenvalue weighted by molar-refractivity contribution is 0.146. The number of piperidine rings is 1. The lowest BCUT2D eigenvalue weighted by Gasteiger charge is -2.38. The average Bonchev–Trinajstić information content (AvgIpc) is 3.21. The largest absolute Gasteiger partial charge is 0.364 e. The number of hydrogen-bond donors (Lipinski definition) is 1. The van der Waals surface area contributed by atoms with Crippen molar-refractivity contribution in [2.24, 2.45) is 10.9 Å². The lowest BCUT2D eigenvalue weighted by atomic mass is 9.98. The molecule has 3 rings (SSSR count). The van der Waals surface area contributed by atoms with E-state index < -0.39 is 10.0 Å². The van der Waals surface area contributed by atoms with E-state index in [0.29, 0.717) is 37.9 Å². The minimum Gasteiger partial charge on any atom is -0.364 e. The predicted molar refractivity (Wildman–Crippen MR) is 128 cm³/mol. The van der Waals surface area contributed by atoms with Crippen molar-refractivity contribution in [2.75, 3.05) is 52.9 Å². The van der Waals surface area contributed by atoms with Crippen LogP contribution in [0.25, 0.3) is 0 Å². The van der Waals surface area contributed by atoms with E-state index in [9.17, 15) is 8.42 Å². The molecule has 2 aliphatic rings. The predicted octanol–water partition coefficient (Wildman–Crippen LogP) is 1.44. The number of sulfonamides is 1. The first kappa shape index (κ1) is 25.3. The molecule has 0 saturated carbocycles. The van der Waals surface area contributed by atoms with Crippen molar-refractivity contribution >= 4 is 40.0 Å². The molecule has 2 fully saturated rings. The second-order valence-electron chi connectivity index (χ2n) is 8.13. The first-order valence-corrected chi connectivity index (χ1v) is 12.1. The molecule has 1 N–H and O–H groups in total. The highest BCUT2D eigenvalue weighted by molar-refractivity contribution is 14.0. The van der Waals surface area contributed by atoms with Gasteiger partial charge >= 0.3 is 0 Å². The molecule has 9 nitrogen and oxygen atoms in total. The van der Waals surface area contributed by atoms with Crippen LogP contribution in [0.5, 0.6) is 0 Å². The Morgan fingerprint density at radius 1 is 1.27 bits per heavy atom. The van der Waals surface area contributed by atoms with Crippen molar-refractivity contribution in [2.45, 2.75) is 38.5 Å². The van der Waals surface area contributed by atoms with Gasteiger partial charge in [0, 0.05) is 51.9 Å². The van der Waals surface area contributed by atoms with Crippen molar-refractivity contribution in [3.8, 4) is 0 Å². The molecular formula is C19H35IN6O3S. The van der Waals surface area contributed by atoms with Crippen LogP contribution in [0.3, 0.4) is 0 Å². The van der Waals surface area contributed by atoms with Crippen LogP contribution in [0.2, 0.25) is 0 Å². The van der Waals surface area contributed by atoms with Gasteiger partial charge < -0.3 is 14.7 Å². The Kier molecular flexibility index (Phi) is 9.82. The van der Waals surface area contributed by atoms with Gasteiger partial charge in [-0.15, -0.1) is 24.0 Å². The van der Waals surface area contributed by atoms with E-state index >= 15 is 0 Å². The minimum absolute atomic E-state index is 0. The summed E-state index contributed by atoms with van der Waals surface area (Å²) in [5.74, 6) is 1.55. The second kappa shape index (κ2) is 11.6. The number of piperazine rings is 1. The van der Waals surface area contributed by atoms with Crippen LogP contribution in [0, 0.1) is 5.92 Å². The number of aliphatic imine (C=N–C) groups is 1. The van der Waals surface area contributed by atoms with E-state index in [2.05, 4.69) is 39.1 Å². The zero-order valence-electron chi connectivity index (χ0n) is 18.2. The molecule has 11 heteroatoms. The van der Waals surface area contributed by atoms with Gasteiger partial charge in [-0.2, -0.15) is 4.31 Å². The van der Waals surface area contributed by atoms with Crippen molar-refractivity contribution in [1.82, 2.24) is 24.6 Å². The first-order valence-electron chi connectivity index (χ1n) is 10.5. The summed E-state index contributed by atoms with van der Waals surface area (Å²) in [6, 6.07) is 2.03. The lowest BCUT2D eigenvalue weighted by Crippen LogP contribution is -2.55. The highest BCUT2D eigenvalue weighted by Crippen LogP contribution is 2.18. The minimum atomic E-state index is -3.39. The van der Waals surface area contributed by atoms with Crippen LogP contribution < -0.4 is 5.32 Å². The third kappa shape index (κ3) is 6.79. The van der Waals surface area contributed by atoms with Crippen molar-refractivity contribution in [3.05, 3.63) is 18.0 Å². The third-order valence-corrected chi connectivity index (χ3v) is 7.77. The molecule has 0 radical (unpaired) electrons. The molecule has 1 aromatic rings. The molecule has 0 aromatic carbocycles. The summed E-state index contributed by atoms with van der Waals surface area (Å²) in [4.78, 5) is 9.08. The Morgan fingerprint density at radius 3 is 2.50 bits per heavy atom. The summed E-state index contributed by atoms with van der Waals surface area (Å²) >= 11 is 0. The molecule has 1 unspecified atom stereocenters. The molecule has 0 aliphatic carbocycles. The molecule has 1 atom stereocenters. The highest BCUT2D eigenvalue weighted by atomic mass is 127. The van der Waals surface area contributed by atoms with Crippen molar-refractivity contribution < 1.29 is 12.9 Å². The number of rotatable bonds is 6. The summed E-state index contributed by atoms with van der Waals surface area (Å²) in [6.45, 7) is 9.86. The Bertz CT molecular complexity index is 757. The second-order valence-corrected chi connectivity index (χ2v) is 10.1. The molecule has 3 heterocycles. The zero-order valence-corrected chi connectivity index (χ0v) is 21.3. The SMILES string of the molecule is CN=C(NCC(C)N1CCC(C)CC1)N1CCN(S(=O)(=O)Cc2ccon2)CC1.I. The Labute approximate surface area is 197 Å². The quantitative estimate of drug-likeness (QED) is 0.323. The number of nitrogens with zero attached hydrogens (tertiary/aromatic N) is 5. The van der Waals surface area contributed by atoms with Crippen LogP contribution in [0.15, 0.2) is 21.8 Å². The molecule has 0 amide bonds. The summed E-state index contributed by atoms with van der Waals surface area (Å²) in [5.41, 5.74) is 0.436. The van der Waals surface area contributed by atoms with Gasteiger partial charge in [-0.05, 0) is 38.8 Å². The summed E-state index contributed by atoms with van der Waals surface area (Å²) in [5, 5.41) is 7.19. The van der Waals surface area contributed by atoms with Gasteiger partial charge in [0.05, 0.1) is 5.69 Å². The van der Waals surface area contributed by atoms with E-state index in [0.717, 1.165) is 31.5 Å². The fourth-order valence-electron chi connectivity index (χ4n) is 3.94. The van der Waals surface area contributed by atoms with E-state index in [4.69, 9.17) is 4.52 Å². The van der Waals surface area contributed by atoms with Crippen LogP contribution in [-0.4, -0.2) is 92.5 Å². The Morgan fingerprint density at radius 2 is 1.93 bits per heavy atom. The number of aromatic nitrogens is 1. The third-order valence-electron chi connectivity index (χ3n) is 5.96. The van der Waals surface area contributed by atoms with Gasteiger partial charge in [-0.3, -0.25) is 9.89 Å². The maximum absolute atomic E-state index is 12.6. The summed E-state index contributed by atoms with van der Waals surface area (Å²) < 4.78 is 31.4. The molecule has 0 spiro atoms. The fourth-order valence-corrected chi connectivity index (χ4v) is 5.36. The molecule has 172 valence electrons. The monoisotopic (exact) mass is 554 g/mol. The maximum Gasteiger partial charge on any atom is 0.220 e. The molecule has 0 bridgehead atoms. The summed E-state index contributed by atoms with van der Waals surface area (Å²) in [6.07, 6.45) is 3.93. The topological polar surface area (TPSA) is 94.3 Å². The van der Waals surface area contributed by atoms with Gasteiger partial charge in [0.1, 0.15) is 12.0 Å². The standard InChI is InChI=1S/C19H34N6O3S.HI/c1-16-4-7-23(8-5-16)17(2)14-21-19(20-3)24-9-11-25(12-10-24)29(26,27)15-18-6-13-28-22-18;/h6,13,16-17H,4-5,7-12,14-15H2,1-3H3,(H,20,21);1H. The van der Waals surface area contributed by atoms with Crippen LogP contribution in [0.1, 0.15) is 32.4 Å². The highest BCUT2D eigenvalue weighted by Gasteiger charge is 2.29. The molecule has 1 aromatic heterocycles. The van der Waals surface area contributed by atoms with Crippen molar-refractivity contribution in [1.29, 1.82) is 0 Å². The Balaban J connectivity index is 0.00000320. The fraction of sp³-hybridized carbons (Fsp3) is 0.789. The molecule has 2 saturated heterocycles. The number of guanidine groups is 1. The molecule has 30 heavy (non-hydrogen) atoms. The maximum atomic E-state index is 12.6. The normalized spacial score (nSPS) is 21.3. The summed E-state index contributed by atoms with van der Waals surface area (Å²) in [7, 11) is -1.61. The number of nitrogens with one attached hydrogen (secondary N) is 1. The number of likely N-dealkylation sites (tertiary alicyclic amines) is 1. The van der Waals surface area contributed by atoms with E-state index in [1.807, 2.05) is 0 Å². The van der Waals surface area contributed by atoms with E-state index in [-0.39, 0.29) is 29.7 Å². The van der Waals surface area contributed by atoms with Gasteiger partial charge in [0.15, 0.2) is 5.96 Å². The number of hydrogen-bond acceptors (Lipinski definition) is 6. The van der Waals surface area contributed by atoms with E-state index in [1.54, 1.807) is 13.1 Å². The van der Waals surface area contributed by atoms with Crippen molar-refractivity contribution in [3.63, 3.8) is 0 Å². The smallest absolute Gasteiger partial charge is 0.220 e. The van der Waals surface area contributed by atoms with Crippen LogP contribution >= 0.6 is 24.0 Å². The van der Waals surface area contributed by atoms with Gasteiger partial charge in [-0.1, -0.05) is 12.1 Å². The van der Waals surface area contributed by atoms with Gasteiger partial charge in [0.2, 0.25) is 10.0 Å². The molecular weight excluding hydrogens is 519 g/mol. The first-order chi connectivity index (χ1) is 13.9. The Hall–Kier alpha value is -0.920. The number of halogens is 1. The average molecular weight is 554 g/mol.